The number of nitrogens with one attached hydrogen (secondary N) is 1. The molecule has 1 unspecified atom stereocenters. The van der Waals surface area contributed by atoms with Crippen LogP contribution >= 0.6 is 15.9 Å². The van der Waals surface area contributed by atoms with Crippen molar-refractivity contribution in [1.29, 1.82) is 0 Å². The molecule has 1 N–H and O–H groups in total. The van der Waals surface area contributed by atoms with Gasteiger partial charge in [0.05, 0.1) is 18.2 Å². The van der Waals surface area contributed by atoms with E-state index in [9.17, 15) is 9.18 Å². The summed E-state index contributed by atoms with van der Waals surface area (Å²) in [6.45, 7) is 2.51. The molecule has 0 aromatic heterocycles. The standard InChI is InChI=1S/C13H17BrFNO2/c1-3-4-10(8-18-2)16-13(17)11-6-5-9(15)7-12(11)14/h5-7,10H,3-4,8H2,1-2H3,(H,16,17). The van der Waals surface area contributed by atoms with Gasteiger partial charge in [-0.2, -0.15) is 0 Å². The number of amides is 1. The molecule has 0 spiro atoms. The molecule has 18 heavy (non-hydrogen) atoms. The Morgan fingerprint density at radius 2 is 2.28 bits per heavy atom. The van der Waals surface area contributed by atoms with E-state index in [-0.39, 0.29) is 17.8 Å². The van der Waals surface area contributed by atoms with Crippen LogP contribution in [0, 0.1) is 5.82 Å². The first-order valence-electron chi connectivity index (χ1n) is 5.83. The number of hydrogen-bond acceptors (Lipinski definition) is 2. The van der Waals surface area contributed by atoms with E-state index in [1.165, 1.54) is 18.2 Å². The zero-order chi connectivity index (χ0) is 13.5. The molecular weight excluding hydrogens is 301 g/mol. The van der Waals surface area contributed by atoms with E-state index in [0.29, 0.717) is 16.6 Å². The second-order valence-electron chi connectivity index (χ2n) is 4.04. The predicted octanol–water partition coefficient (Wildman–Crippen LogP) is 3.13. The zero-order valence-electron chi connectivity index (χ0n) is 10.5. The summed E-state index contributed by atoms with van der Waals surface area (Å²) >= 11 is 3.18. The number of ether oxygens (including phenoxy) is 1. The highest BCUT2D eigenvalue weighted by molar-refractivity contribution is 9.10. The highest BCUT2D eigenvalue weighted by Crippen LogP contribution is 2.18. The normalized spacial score (nSPS) is 12.2. The highest BCUT2D eigenvalue weighted by Gasteiger charge is 2.15. The summed E-state index contributed by atoms with van der Waals surface area (Å²) in [5, 5.41) is 2.88. The van der Waals surface area contributed by atoms with Gasteiger partial charge < -0.3 is 10.1 Å². The largest absolute Gasteiger partial charge is 0.383 e. The molecule has 5 heteroatoms. The molecule has 0 radical (unpaired) electrons. The van der Waals surface area contributed by atoms with Crippen molar-refractivity contribution in [3.63, 3.8) is 0 Å². The van der Waals surface area contributed by atoms with E-state index in [1.54, 1.807) is 7.11 Å². The van der Waals surface area contributed by atoms with Crippen LogP contribution in [-0.4, -0.2) is 25.7 Å². The van der Waals surface area contributed by atoms with Gasteiger partial charge in [-0.1, -0.05) is 13.3 Å². The molecule has 1 rings (SSSR count). The van der Waals surface area contributed by atoms with E-state index in [2.05, 4.69) is 21.2 Å². The predicted molar refractivity (Wildman–Crippen MR) is 72.1 cm³/mol. The first-order valence-corrected chi connectivity index (χ1v) is 6.62. The summed E-state index contributed by atoms with van der Waals surface area (Å²) < 4.78 is 18.4. The maximum atomic E-state index is 12.9. The Morgan fingerprint density at radius 3 is 2.83 bits per heavy atom. The van der Waals surface area contributed by atoms with Gasteiger partial charge >= 0.3 is 0 Å². The maximum Gasteiger partial charge on any atom is 0.252 e. The van der Waals surface area contributed by atoms with Crippen LogP contribution in [-0.2, 0) is 4.74 Å². The molecule has 0 heterocycles. The van der Waals surface area contributed by atoms with Crippen LogP contribution in [0.3, 0.4) is 0 Å². The smallest absolute Gasteiger partial charge is 0.252 e. The first kappa shape index (κ1) is 15.1. The second kappa shape index (κ2) is 7.48. The Labute approximate surface area is 115 Å². The van der Waals surface area contributed by atoms with Crippen molar-refractivity contribution in [3.8, 4) is 0 Å². The van der Waals surface area contributed by atoms with Gasteiger partial charge in [0.1, 0.15) is 5.82 Å². The van der Waals surface area contributed by atoms with Crippen molar-refractivity contribution >= 4 is 21.8 Å². The van der Waals surface area contributed by atoms with Gasteiger partial charge in [-0.3, -0.25) is 4.79 Å². The van der Waals surface area contributed by atoms with Crippen LogP contribution < -0.4 is 5.32 Å². The average Bonchev–Trinajstić information content (AvgIpc) is 2.29. The van der Waals surface area contributed by atoms with Crippen molar-refractivity contribution < 1.29 is 13.9 Å². The lowest BCUT2D eigenvalue weighted by Gasteiger charge is -2.17. The van der Waals surface area contributed by atoms with E-state index in [0.717, 1.165) is 12.8 Å². The third kappa shape index (κ3) is 4.38. The van der Waals surface area contributed by atoms with Crippen molar-refractivity contribution in [2.24, 2.45) is 0 Å². The molecule has 1 amide bonds. The molecule has 0 aliphatic heterocycles. The van der Waals surface area contributed by atoms with Gasteiger partial charge in [0.25, 0.3) is 5.91 Å². The second-order valence-corrected chi connectivity index (χ2v) is 4.89. The lowest BCUT2D eigenvalue weighted by molar-refractivity contribution is 0.0891. The monoisotopic (exact) mass is 317 g/mol. The fraction of sp³-hybridized carbons (Fsp3) is 0.462. The van der Waals surface area contributed by atoms with Crippen LogP contribution in [0.4, 0.5) is 4.39 Å². The third-order valence-corrected chi connectivity index (χ3v) is 3.17. The van der Waals surface area contributed by atoms with Gasteiger partial charge in [-0.25, -0.2) is 4.39 Å². The summed E-state index contributed by atoms with van der Waals surface area (Å²) in [6.07, 6.45) is 1.80. The molecular formula is C13H17BrFNO2. The summed E-state index contributed by atoms with van der Waals surface area (Å²) in [6, 6.07) is 3.99. The molecule has 1 aromatic rings. The summed E-state index contributed by atoms with van der Waals surface area (Å²) in [7, 11) is 1.60. The number of rotatable bonds is 6. The van der Waals surface area contributed by atoms with Gasteiger partial charge in [0.2, 0.25) is 0 Å². The van der Waals surface area contributed by atoms with Gasteiger partial charge in [0.15, 0.2) is 0 Å². The lowest BCUT2D eigenvalue weighted by atomic mass is 10.1. The Morgan fingerprint density at radius 1 is 1.56 bits per heavy atom. The summed E-state index contributed by atoms with van der Waals surface area (Å²) in [5.41, 5.74) is 0.425. The Bertz CT molecular complexity index is 406. The SMILES string of the molecule is CCCC(COC)NC(=O)c1ccc(F)cc1Br. The van der Waals surface area contributed by atoms with E-state index < -0.39 is 0 Å². The van der Waals surface area contributed by atoms with Crippen molar-refractivity contribution in [1.82, 2.24) is 5.32 Å². The van der Waals surface area contributed by atoms with Gasteiger partial charge in [0, 0.05) is 11.6 Å². The van der Waals surface area contributed by atoms with Crippen LogP contribution in [0.2, 0.25) is 0 Å². The van der Waals surface area contributed by atoms with Crippen molar-refractivity contribution in [2.75, 3.05) is 13.7 Å². The van der Waals surface area contributed by atoms with Crippen LogP contribution in [0.25, 0.3) is 0 Å². The van der Waals surface area contributed by atoms with Gasteiger partial charge in [-0.15, -0.1) is 0 Å². The fourth-order valence-corrected chi connectivity index (χ4v) is 2.21. The maximum absolute atomic E-state index is 12.9. The molecule has 1 aromatic carbocycles. The van der Waals surface area contributed by atoms with Crippen molar-refractivity contribution in [3.05, 3.63) is 34.1 Å². The van der Waals surface area contributed by atoms with Crippen LogP contribution in [0.15, 0.2) is 22.7 Å². The van der Waals surface area contributed by atoms with Gasteiger partial charge in [-0.05, 0) is 40.5 Å². The van der Waals surface area contributed by atoms with E-state index in [4.69, 9.17) is 4.74 Å². The first-order chi connectivity index (χ1) is 8.58. The minimum atomic E-state index is -0.375. The Hall–Kier alpha value is -0.940. The molecule has 0 fully saturated rings. The Balaban J connectivity index is 2.73. The molecule has 0 saturated heterocycles. The Kier molecular flexibility index (Phi) is 6.29. The highest BCUT2D eigenvalue weighted by atomic mass is 79.9. The lowest BCUT2D eigenvalue weighted by Crippen LogP contribution is -2.38. The topological polar surface area (TPSA) is 38.3 Å². The molecule has 0 aliphatic rings. The van der Waals surface area contributed by atoms with Crippen LogP contribution in [0.1, 0.15) is 30.1 Å². The minimum Gasteiger partial charge on any atom is -0.383 e. The fourth-order valence-electron chi connectivity index (χ4n) is 1.68. The molecule has 3 nitrogen and oxygen atoms in total. The van der Waals surface area contributed by atoms with Crippen molar-refractivity contribution in [2.45, 2.75) is 25.8 Å². The number of carbonyl (C=O) groups excluding carboxylic acids is 1. The molecule has 0 saturated carbocycles. The number of benzene rings is 1. The zero-order valence-corrected chi connectivity index (χ0v) is 12.1. The number of halogens is 2. The number of carbonyl (C=O) groups is 1. The third-order valence-electron chi connectivity index (χ3n) is 2.52. The number of hydrogen-bond donors (Lipinski definition) is 1. The minimum absolute atomic E-state index is 0.0237. The number of methoxy groups -OCH3 is 1. The van der Waals surface area contributed by atoms with E-state index >= 15 is 0 Å². The molecule has 0 bridgehead atoms. The molecule has 100 valence electrons. The average molecular weight is 318 g/mol. The quantitative estimate of drug-likeness (QED) is 0.875. The summed E-state index contributed by atoms with van der Waals surface area (Å²) in [4.78, 5) is 12.0. The molecule has 1 atom stereocenters. The van der Waals surface area contributed by atoms with Crippen LogP contribution in [0.5, 0.6) is 0 Å². The summed E-state index contributed by atoms with van der Waals surface area (Å²) in [5.74, 6) is -0.599. The van der Waals surface area contributed by atoms with E-state index in [1.807, 2.05) is 6.92 Å². The molecule has 0 aliphatic carbocycles.